The molecule has 1 amide bonds. The number of nitrogens with zero attached hydrogens (tertiary/aromatic N) is 3. The van der Waals surface area contributed by atoms with Crippen LogP contribution in [0.2, 0.25) is 0 Å². The van der Waals surface area contributed by atoms with Gasteiger partial charge < -0.3 is 15.4 Å². The van der Waals surface area contributed by atoms with Crippen LogP contribution in [0, 0.1) is 6.92 Å². The van der Waals surface area contributed by atoms with Gasteiger partial charge in [0.1, 0.15) is 5.75 Å². The largest absolute Gasteiger partial charge is 0.497 e. The maximum Gasteiger partial charge on any atom is 0.416 e. The van der Waals surface area contributed by atoms with Crippen LogP contribution in [-0.2, 0) is 12.7 Å². The van der Waals surface area contributed by atoms with Crippen molar-refractivity contribution in [3.05, 3.63) is 40.7 Å². The Morgan fingerprint density at radius 3 is 2.66 bits per heavy atom. The molecule has 2 aromatic rings. The van der Waals surface area contributed by atoms with E-state index in [1.165, 1.54) is 19.2 Å². The van der Waals surface area contributed by atoms with Crippen molar-refractivity contribution in [3.8, 4) is 5.75 Å². The number of amides is 1. The van der Waals surface area contributed by atoms with E-state index in [1.807, 2.05) is 0 Å². The third kappa shape index (κ3) is 5.18. The van der Waals surface area contributed by atoms with Crippen molar-refractivity contribution in [2.24, 2.45) is 0 Å². The molecule has 1 aromatic carbocycles. The van der Waals surface area contributed by atoms with E-state index in [0.717, 1.165) is 32.0 Å². The van der Waals surface area contributed by atoms with Gasteiger partial charge >= 0.3 is 6.18 Å². The highest BCUT2D eigenvalue weighted by molar-refractivity contribution is 5.93. The van der Waals surface area contributed by atoms with Gasteiger partial charge in [0.25, 0.3) is 5.91 Å². The van der Waals surface area contributed by atoms with Gasteiger partial charge in [-0.25, -0.2) is 4.68 Å². The van der Waals surface area contributed by atoms with Gasteiger partial charge in [0.15, 0.2) is 5.69 Å². The highest BCUT2D eigenvalue weighted by Crippen LogP contribution is 2.34. The van der Waals surface area contributed by atoms with E-state index in [-0.39, 0.29) is 42.0 Å². The maximum atomic E-state index is 13.3. The fourth-order valence-corrected chi connectivity index (χ4v) is 3.31. The normalized spacial score (nSPS) is 14.9. The summed E-state index contributed by atoms with van der Waals surface area (Å²) in [6.45, 7) is 3.19. The Hall–Kier alpha value is -2.33. The van der Waals surface area contributed by atoms with Gasteiger partial charge in [-0.15, -0.1) is 17.5 Å². The number of piperidine rings is 1. The number of rotatable bonds is 5. The molecule has 7 nitrogen and oxygen atoms in total. The topological polar surface area (TPSA) is 81.1 Å². The van der Waals surface area contributed by atoms with E-state index in [0.29, 0.717) is 5.69 Å². The quantitative estimate of drug-likeness (QED) is 0.757. The fraction of sp³-hybridized carbons (Fsp3) is 0.500. The third-order valence-corrected chi connectivity index (χ3v) is 4.86. The first kappa shape index (κ1) is 23.0. The van der Waals surface area contributed by atoms with Crippen LogP contribution in [0.25, 0.3) is 0 Å². The molecule has 0 bridgehead atoms. The minimum Gasteiger partial charge on any atom is -0.497 e. The Kier molecular flexibility index (Phi) is 7.48. The van der Waals surface area contributed by atoms with Crippen LogP contribution in [0.1, 0.15) is 46.2 Å². The third-order valence-electron chi connectivity index (χ3n) is 4.86. The van der Waals surface area contributed by atoms with Crippen molar-refractivity contribution >= 4 is 18.3 Å². The average Bonchev–Trinajstić information content (AvgIpc) is 3.07. The van der Waals surface area contributed by atoms with Gasteiger partial charge in [0.05, 0.1) is 24.4 Å². The first-order valence-electron chi connectivity index (χ1n) is 8.96. The average molecular weight is 434 g/mol. The van der Waals surface area contributed by atoms with Crippen LogP contribution in [0.5, 0.6) is 5.75 Å². The molecule has 1 aromatic heterocycles. The minimum atomic E-state index is -4.55. The number of carbonyl (C=O) groups excluding carboxylic acids is 1. The highest BCUT2D eigenvalue weighted by atomic mass is 35.5. The van der Waals surface area contributed by atoms with E-state index in [2.05, 4.69) is 20.9 Å². The number of benzene rings is 1. The molecule has 0 aliphatic carbocycles. The Morgan fingerprint density at radius 2 is 2.03 bits per heavy atom. The van der Waals surface area contributed by atoms with Crippen molar-refractivity contribution in [2.75, 3.05) is 20.2 Å². The van der Waals surface area contributed by atoms with Gasteiger partial charge in [-0.1, -0.05) is 11.3 Å². The van der Waals surface area contributed by atoms with Crippen molar-refractivity contribution < 1.29 is 22.7 Å². The number of methoxy groups -OCH3 is 1. The second-order valence-electron chi connectivity index (χ2n) is 6.65. The predicted molar refractivity (Wildman–Crippen MR) is 102 cm³/mol. The van der Waals surface area contributed by atoms with E-state index < -0.39 is 17.6 Å². The van der Waals surface area contributed by atoms with Crippen molar-refractivity contribution in [1.82, 2.24) is 25.6 Å². The molecule has 1 saturated heterocycles. The summed E-state index contributed by atoms with van der Waals surface area (Å²) in [5.74, 6) is -0.454. The molecule has 160 valence electrons. The molecule has 3 rings (SSSR count). The first-order chi connectivity index (χ1) is 13.3. The number of ether oxygens (including phenoxy) is 1. The molecule has 1 aliphatic heterocycles. The molecule has 2 N–H and O–H groups in total. The zero-order valence-corrected chi connectivity index (χ0v) is 16.9. The zero-order valence-electron chi connectivity index (χ0n) is 16.0. The summed E-state index contributed by atoms with van der Waals surface area (Å²) in [6, 6.07) is 3.80. The van der Waals surface area contributed by atoms with Gasteiger partial charge in [0, 0.05) is 6.54 Å². The number of halogens is 4. The summed E-state index contributed by atoms with van der Waals surface area (Å²) in [5.41, 5.74) is -0.164. The zero-order chi connectivity index (χ0) is 20.3. The van der Waals surface area contributed by atoms with Crippen LogP contribution < -0.4 is 15.4 Å². The molecule has 1 aliphatic rings. The monoisotopic (exact) mass is 433 g/mol. The summed E-state index contributed by atoms with van der Waals surface area (Å²) >= 11 is 0. The standard InChI is InChI=1S/C18H22F3N5O2.ClH/c1-11-16(24-25-26(11)13-5-7-22-8-6-13)17(27)23-10-12-3-4-14(28-2)9-15(12)18(19,20)21;/h3-4,9,13,22H,5-8,10H2,1-2H3,(H,23,27);1H. The number of hydrogen-bond acceptors (Lipinski definition) is 5. The van der Waals surface area contributed by atoms with E-state index >= 15 is 0 Å². The summed E-state index contributed by atoms with van der Waals surface area (Å²) in [6.07, 6.45) is -2.79. The van der Waals surface area contributed by atoms with E-state index in [1.54, 1.807) is 11.6 Å². The van der Waals surface area contributed by atoms with Gasteiger partial charge in [-0.05, 0) is 50.6 Å². The second kappa shape index (κ2) is 9.45. The molecule has 11 heteroatoms. The van der Waals surface area contributed by atoms with Gasteiger partial charge in [-0.3, -0.25) is 4.79 Å². The Bertz CT molecular complexity index is 851. The molecule has 1 fully saturated rings. The molecular formula is C18H23ClF3N5O2. The maximum absolute atomic E-state index is 13.3. The molecule has 2 heterocycles. The summed E-state index contributed by atoms with van der Waals surface area (Å²) in [4.78, 5) is 12.5. The van der Waals surface area contributed by atoms with Crippen molar-refractivity contribution in [3.63, 3.8) is 0 Å². The molecule has 0 radical (unpaired) electrons. The van der Waals surface area contributed by atoms with E-state index in [9.17, 15) is 18.0 Å². The summed E-state index contributed by atoms with van der Waals surface area (Å²) in [5, 5.41) is 13.8. The molecule has 0 saturated carbocycles. The number of alkyl halides is 3. The van der Waals surface area contributed by atoms with Crippen molar-refractivity contribution in [1.29, 1.82) is 0 Å². The molecule has 0 unspecified atom stereocenters. The number of aromatic nitrogens is 3. The predicted octanol–water partition coefficient (Wildman–Crippen LogP) is 2.89. The fourth-order valence-electron chi connectivity index (χ4n) is 3.31. The molecule has 0 spiro atoms. The van der Waals surface area contributed by atoms with Gasteiger partial charge in [0.2, 0.25) is 0 Å². The van der Waals surface area contributed by atoms with Crippen LogP contribution in [-0.4, -0.2) is 41.1 Å². The first-order valence-corrected chi connectivity index (χ1v) is 8.96. The lowest BCUT2D eigenvalue weighted by Crippen LogP contribution is -2.30. The van der Waals surface area contributed by atoms with Gasteiger partial charge in [-0.2, -0.15) is 13.2 Å². The minimum absolute atomic E-state index is 0. The van der Waals surface area contributed by atoms with Crippen LogP contribution in [0.3, 0.4) is 0 Å². The number of hydrogen-bond donors (Lipinski definition) is 2. The van der Waals surface area contributed by atoms with Crippen LogP contribution >= 0.6 is 12.4 Å². The Balaban J connectivity index is 0.00000300. The highest BCUT2D eigenvalue weighted by Gasteiger charge is 2.34. The Morgan fingerprint density at radius 1 is 1.34 bits per heavy atom. The molecular weight excluding hydrogens is 411 g/mol. The van der Waals surface area contributed by atoms with Crippen LogP contribution in [0.15, 0.2) is 18.2 Å². The lowest BCUT2D eigenvalue weighted by molar-refractivity contribution is -0.138. The number of nitrogens with one attached hydrogen (secondary N) is 2. The lowest BCUT2D eigenvalue weighted by Gasteiger charge is -2.23. The molecule has 0 atom stereocenters. The Labute approximate surface area is 172 Å². The lowest BCUT2D eigenvalue weighted by atomic mass is 10.1. The SMILES string of the molecule is COc1ccc(CNC(=O)c2nnn(C3CCNCC3)c2C)c(C(F)(F)F)c1.Cl. The van der Waals surface area contributed by atoms with E-state index in [4.69, 9.17) is 4.74 Å². The molecule has 29 heavy (non-hydrogen) atoms. The van der Waals surface area contributed by atoms with Crippen molar-refractivity contribution in [2.45, 2.75) is 38.5 Å². The second-order valence-corrected chi connectivity index (χ2v) is 6.65. The summed E-state index contributed by atoms with van der Waals surface area (Å²) < 4.78 is 46.4. The van der Waals surface area contributed by atoms with Crippen LogP contribution in [0.4, 0.5) is 13.2 Å². The summed E-state index contributed by atoms with van der Waals surface area (Å²) in [7, 11) is 1.30. The smallest absolute Gasteiger partial charge is 0.416 e. The number of carbonyl (C=O) groups is 1.